The van der Waals surface area contributed by atoms with Gasteiger partial charge in [-0.3, -0.25) is 9.59 Å². The molecule has 2 unspecified atom stereocenters. The first-order chi connectivity index (χ1) is 25.1. The summed E-state index contributed by atoms with van der Waals surface area (Å²) in [5, 5.41) is 5.93. The van der Waals surface area contributed by atoms with Crippen molar-refractivity contribution in [3.05, 3.63) is 71.8 Å². The molecule has 0 saturated carbocycles. The van der Waals surface area contributed by atoms with E-state index in [0.29, 0.717) is 76.7 Å². The fourth-order valence-corrected chi connectivity index (χ4v) is 8.12. The highest BCUT2D eigenvalue weighted by atomic mass is 33.1. The first kappa shape index (κ1) is 41.3. The molecule has 52 heavy (non-hydrogen) atoms. The number of rotatable bonds is 17. The van der Waals surface area contributed by atoms with Crippen LogP contribution in [0.2, 0.25) is 0 Å². The Morgan fingerprint density at radius 3 is 1.27 bits per heavy atom. The van der Waals surface area contributed by atoms with E-state index in [1.807, 2.05) is 60.3 Å². The van der Waals surface area contributed by atoms with Gasteiger partial charge < -0.3 is 40.0 Å². The highest BCUT2D eigenvalue weighted by Crippen LogP contribution is 2.21. The first-order valence-corrected chi connectivity index (χ1v) is 21.0. The molecule has 2 atom stereocenters. The van der Waals surface area contributed by atoms with Crippen molar-refractivity contribution in [2.45, 2.75) is 38.8 Å². The number of amides is 6. The zero-order valence-corrected chi connectivity index (χ0v) is 33.0. The van der Waals surface area contributed by atoms with Crippen LogP contribution in [-0.2, 0) is 22.4 Å². The monoisotopic (exact) mass is 754 g/mol. The topological polar surface area (TPSA) is 112 Å². The smallest absolute Gasteiger partial charge is 0.318 e. The molecule has 0 aromatic heterocycles. The molecule has 4 rings (SSSR count). The second-order valence-corrected chi connectivity index (χ2v) is 16.4. The maximum absolute atomic E-state index is 13.5. The molecule has 2 N–H and O–H groups in total. The Balaban J connectivity index is 1.27. The lowest BCUT2D eigenvalue weighted by atomic mass is 10.1. The minimum absolute atomic E-state index is 0.0478. The van der Waals surface area contributed by atoms with E-state index in [-0.39, 0.29) is 23.9 Å². The van der Waals surface area contributed by atoms with Crippen molar-refractivity contribution in [1.29, 1.82) is 0 Å². The highest BCUT2D eigenvalue weighted by molar-refractivity contribution is 8.76. The number of hydrogen-bond acceptors (Lipinski definition) is 8. The molecule has 0 radical (unpaired) electrons. The molecule has 2 fully saturated rings. The molecule has 2 heterocycles. The Labute approximate surface area is 318 Å². The lowest BCUT2D eigenvalue weighted by Gasteiger charge is -2.34. The lowest BCUT2D eigenvalue weighted by molar-refractivity contribution is -0.135. The Morgan fingerprint density at radius 2 is 0.923 bits per heavy atom. The van der Waals surface area contributed by atoms with Crippen molar-refractivity contribution in [2.24, 2.45) is 0 Å². The number of hydrogen-bond donors (Lipinski definition) is 2. The first-order valence-electron chi connectivity index (χ1n) is 18.5. The van der Waals surface area contributed by atoms with Crippen molar-refractivity contribution in [2.75, 3.05) is 104 Å². The molecule has 2 aliphatic rings. The molecule has 2 saturated heterocycles. The molecule has 2 aromatic rings. The van der Waals surface area contributed by atoms with Crippen LogP contribution in [0.3, 0.4) is 0 Å². The quantitative estimate of drug-likeness (QED) is 0.187. The standard InChI is InChI=1S/C38H58N8O4S2/c1-31(35(47)43-23-19-41(3)20-24-43)39-37(49)45(17-15-33-11-7-5-8-12-33)27-29-51-52-30-28-46(18-16-34-13-9-6-10-14-34)38(50)40-32(2)36(48)44-25-21-42(4)22-26-44/h5-14,31-32H,15-30H2,1-4H3,(H,39,49)(H,40,50). The summed E-state index contributed by atoms with van der Waals surface area (Å²) in [7, 11) is 7.43. The van der Waals surface area contributed by atoms with E-state index in [0.717, 1.165) is 37.3 Å². The predicted octanol–water partition coefficient (Wildman–Crippen LogP) is 3.20. The fourth-order valence-electron chi connectivity index (χ4n) is 6.14. The van der Waals surface area contributed by atoms with E-state index in [2.05, 4.69) is 44.7 Å². The molecule has 0 bridgehead atoms. The van der Waals surface area contributed by atoms with Crippen LogP contribution in [0.1, 0.15) is 25.0 Å². The third-order valence-electron chi connectivity index (χ3n) is 9.62. The Morgan fingerprint density at radius 1 is 0.577 bits per heavy atom. The number of nitrogens with one attached hydrogen (secondary N) is 2. The minimum Gasteiger partial charge on any atom is -0.338 e. The predicted molar refractivity (Wildman–Crippen MR) is 212 cm³/mol. The van der Waals surface area contributed by atoms with E-state index < -0.39 is 12.1 Å². The van der Waals surface area contributed by atoms with Gasteiger partial charge in [0.25, 0.3) is 0 Å². The number of benzene rings is 2. The fraction of sp³-hybridized carbons (Fsp3) is 0.579. The molecule has 0 spiro atoms. The molecular weight excluding hydrogens is 697 g/mol. The third kappa shape index (κ3) is 13.8. The molecule has 12 nitrogen and oxygen atoms in total. The SMILES string of the molecule is CC(NC(=O)N(CCSSCCN(CCc1ccccc1)C(=O)NC(C)C(=O)N1CCN(C)CC1)CCc1ccccc1)C(=O)N1CCN(C)CC1. The molecule has 2 aromatic carbocycles. The average molecular weight is 755 g/mol. The number of carbonyl (C=O) groups excluding carboxylic acids is 4. The summed E-state index contributed by atoms with van der Waals surface area (Å²) in [6.45, 7) is 11.6. The molecule has 14 heteroatoms. The van der Waals surface area contributed by atoms with Gasteiger partial charge in [-0.25, -0.2) is 9.59 Å². The van der Waals surface area contributed by atoms with Gasteiger partial charge in [0.2, 0.25) is 11.8 Å². The van der Waals surface area contributed by atoms with E-state index in [1.165, 1.54) is 0 Å². The Kier molecular flexibility index (Phi) is 17.4. The highest BCUT2D eigenvalue weighted by Gasteiger charge is 2.28. The van der Waals surface area contributed by atoms with Crippen LogP contribution in [0, 0.1) is 0 Å². The van der Waals surface area contributed by atoms with Gasteiger partial charge >= 0.3 is 12.1 Å². The number of piperazine rings is 2. The van der Waals surface area contributed by atoms with E-state index in [9.17, 15) is 19.2 Å². The van der Waals surface area contributed by atoms with Crippen molar-refractivity contribution >= 4 is 45.5 Å². The van der Waals surface area contributed by atoms with E-state index in [4.69, 9.17) is 0 Å². The molecular formula is C38H58N8O4S2. The van der Waals surface area contributed by atoms with Gasteiger partial charge in [-0.1, -0.05) is 82.3 Å². The van der Waals surface area contributed by atoms with Crippen LogP contribution in [0.5, 0.6) is 0 Å². The van der Waals surface area contributed by atoms with Crippen LogP contribution < -0.4 is 10.6 Å². The Hall–Kier alpha value is -3.46. The van der Waals surface area contributed by atoms with E-state index >= 15 is 0 Å². The Bertz CT molecular complexity index is 1290. The van der Waals surface area contributed by atoms with Crippen molar-refractivity contribution in [3.63, 3.8) is 0 Å². The molecule has 2 aliphatic heterocycles. The van der Waals surface area contributed by atoms with Crippen molar-refractivity contribution in [1.82, 2.24) is 40.0 Å². The van der Waals surface area contributed by atoms with Crippen LogP contribution in [-0.4, -0.2) is 169 Å². The normalized spacial score (nSPS) is 16.5. The van der Waals surface area contributed by atoms with E-state index in [1.54, 1.807) is 45.2 Å². The van der Waals surface area contributed by atoms with Gasteiger partial charge in [0.05, 0.1) is 0 Å². The minimum atomic E-state index is -0.607. The second kappa shape index (κ2) is 21.9. The zero-order valence-electron chi connectivity index (χ0n) is 31.4. The summed E-state index contributed by atoms with van der Waals surface area (Å²) in [5.74, 6) is 1.29. The molecule has 286 valence electrons. The molecule has 0 aliphatic carbocycles. The summed E-state index contributed by atoms with van der Waals surface area (Å²) in [4.78, 5) is 64.8. The van der Waals surface area contributed by atoms with Crippen LogP contribution >= 0.6 is 21.6 Å². The van der Waals surface area contributed by atoms with Crippen molar-refractivity contribution in [3.8, 4) is 0 Å². The third-order valence-corrected chi connectivity index (χ3v) is 12.0. The van der Waals surface area contributed by atoms with Crippen LogP contribution in [0.15, 0.2) is 60.7 Å². The van der Waals surface area contributed by atoms with Gasteiger partial charge in [-0.2, -0.15) is 0 Å². The summed E-state index contributed by atoms with van der Waals surface area (Å²) in [6, 6.07) is 18.5. The summed E-state index contributed by atoms with van der Waals surface area (Å²) in [5.41, 5.74) is 2.30. The number of likely N-dealkylation sites (N-methyl/N-ethyl adjacent to an activating group) is 2. The number of carbonyl (C=O) groups is 4. The number of nitrogens with zero attached hydrogens (tertiary/aromatic N) is 6. The van der Waals surface area contributed by atoms with Crippen LogP contribution in [0.25, 0.3) is 0 Å². The van der Waals surface area contributed by atoms with Gasteiger partial charge in [0.15, 0.2) is 0 Å². The van der Waals surface area contributed by atoms with Gasteiger partial charge in [-0.15, -0.1) is 0 Å². The van der Waals surface area contributed by atoms with Gasteiger partial charge in [0.1, 0.15) is 12.1 Å². The zero-order chi connectivity index (χ0) is 37.3. The second-order valence-electron chi connectivity index (χ2n) is 13.7. The van der Waals surface area contributed by atoms with Gasteiger partial charge in [0, 0.05) is 90.0 Å². The summed E-state index contributed by atoms with van der Waals surface area (Å²) >= 11 is 0. The summed E-state index contributed by atoms with van der Waals surface area (Å²) < 4.78 is 0. The summed E-state index contributed by atoms with van der Waals surface area (Å²) in [6.07, 6.45) is 1.43. The lowest BCUT2D eigenvalue weighted by Crippen LogP contribution is -2.55. The maximum Gasteiger partial charge on any atom is 0.318 e. The number of urea groups is 2. The van der Waals surface area contributed by atoms with Gasteiger partial charge in [-0.05, 0) is 51.9 Å². The average Bonchev–Trinajstić information content (AvgIpc) is 3.16. The maximum atomic E-state index is 13.5. The van der Waals surface area contributed by atoms with Crippen LogP contribution in [0.4, 0.5) is 9.59 Å². The molecule has 6 amide bonds. The van der Waals surface area contributed by atoms with Crippen molar-refractivity contribution < 1.29 is 19.2 Å². The largest absolute Gasteiger partial charge is 0.338 e.